The molecule has 0 heterocycles. The van der Waals surface area contributed by atoms with Crippen LogP contribution in [0.4, 0.5) is 11.4 Å². The molecule has 0 saturated carbocycles. The minimum absolute atomic E-state index is 0.0778. The maximum atomic E-state index is 9.51. The molecule has 2 aromatic carbocycles. The molecule has 4 heteroatoms. The molecule has 0 aromatic heterocycles. The standard InChI is InChI=1S/C13H12N2O2/c1-9-4-2-5-10(8-9)14-15-13-11(16)6-3-7-12(13)17/h2-8,16-17H,1H3. The normalized spacial score (nSPS) is 10.9. The molecule has 2 rings (SSSR count). The van der Waals surface area contributed by atoms with E-state index in [1.165, 1.54) is 18.2 Å². The van der Waals surface area contributed by atoms with Crippen LogP contribution in [0.1, 0.15) is 5.56 Å². The Kier molecular flexibility index (Phi) is 3.05. The van der Waals surface area contributed by atoms with Gasteiger partial charge >= 0.3 is 0 Å². The van der Waals surface area contributed by atoms with Gasteiger partial charge in [0.15, 0.2) is 5.69 Å². The molecule has 0 spiro atoms. The fraction of sp³-hybridized carbons (Fsp3) is 0.0769. The maximum Gasteiger partial charge on any atom is 0.169 e. The van der Waals surface area contributed by atoms with Crippen LogP contribution in [0.2, 0.25) is 0 Å². The molecule has 0 amide bonds. The highest BCUT2D eigenvalue weighted by molar-refractivity contribution is 5.60. The molecule has 4 nitrogen and oxygen atoms in total. The minimum Gasteiger partial charge on any atom is -0.505 e. The Labute approximate surface area is 98.9 Å². The Morgan fingerprint density at radius 1 is 0.882 bits per heavy atom. The minimum atomic E-state index is -0.0959. The van der Waals surface area contributed by atoms with Gasteiger partial charge in [0, 0.05) is 0 Å². The fourth-order valence-electron chi connectivity index (χ4n) is 1.42. The number of aromatic hydroxyl groups is 2. The van der Waals surface area contributed by atoms with Gasteiger partial charge in [0.05, 0.1) is 5.69 Å². The van der Waals surface area contributed by atoms with Crippen molar-refractivity contribution >= 4 is 11.4 Å². The number of aryl methyl sites for hydroxylation is 1. The molecule has 0 fully saturated rings. The van der Waals surface area contributed by atoms with Crippen LogP contribution in [0.25, 0.3) is 0 Å². The number of nitrogens with zero attached hydrogens (tertiary/aromatic N) is 2. The predicted octanol–water partition coefficient (Wildman–Crippen LogP) is 3.82. The highest BCUT2D eigenvalue weighted by Crippen LogP contribution is 2.36. The molecular weight excluding hydrogens is 216 g/mol. The highest BCUT2D eigenvalue weighted by Gasteiger charge is 2.04. The van der Waals surface area contributed by atoms with Crippen LogP contribution in [0.15, 0.2) is 52.7 Å². The zero-order valence-corrected chi connectivity index (χ0v) is 9.33. The maximum absolute atomic E-state index is 9.51. The first-order valence-electron chi connectivity index (χ1n) is 5.16. The quantitative estimate of drug-likeness (QED) is 0.767. The van der Waals surface area contributed by atoms with Crippen molar-refractivity contribution in [3.8, 4) is 11.5 Å². The third-order valence-electron chi connectivity index (χ3n) is 2.26. The van der Waals surface area contributed by atoms with Gasteiger partial charge in [0.25, 0.3) is 0 Å². The number of azo groups is 1. The SMILES string of the molecule is Cc1cccc(N=Nc2c(O)cccc2O)c1. The zero-order valence-electron chi connectivity index (χ0n) is 9.33. The van der Waals surface area contributed by atoms with Gasteiger partial charge in [-0.25, -0.2) is 0 Å². The number of hydrogen-bond donors (Lipinski definition) is 2. The summed E-state index contributed by atoms with van der Waals surface area (Å²) < 4.78 is 0. The molecule has 0 aliphatic rings. The second kappa shape index (κ2) is 4.65. The van der Waals surface area contributed by atoms with E-state index in [-0.39, 0.29) is 17.2 Å². The number of phenolic OH excluding ortho intramolecular Hbond substituents is 2. The summed E-state index contributed by atoms with van der Waals surface area (Å²) >= 11 is 0. The summed E-state index contributed by atoms with van der Waals surface area (Å²) in [6.45, 7) is 1.95. The summed E-state index contributed by atoms with van der Waals surface area (Å²) in [4.78, 5) is 0. The number of benzene rings is 2. The van der Waals surface area contributed by atoms with Gasteiger partial charge < -0.3 is 10.2 Å². The Hall–Kier alpha value is -2.36. The summed E-state index contributed by atoms with van der Waals surface area (Å²) in [5, 5.41) is 26.8. The molecule has 17 heavy (non-hydrogen) atoms. The molecular formula is C13H12N2O2. The van der Waals surface area contributed by atoms with E-state index in [4.69, 9.17) is 0 Å². The van der Waals surface area contributed by atoms with E-state index < -0.39 is 0 Å². The molecule has 0 aliphatic heterocycles. The Balaban J connectivity index is 2.32. The molecule has 2 N–H and O–H groups in total. The molecule has 0 aliphatic carbocycles. The van der Waals surface area contributed by atoms with Crippen LogP contribution in [0, 0.1) is 6.92 Å². The van der Waals surface area contributed by atoms with E-state index >= 15 is 0 Å². The van der Waals surface area contributed by atoms with Crippen LogP contribution in [0.5, 0.6) is 11.5 Å². The van der Waals surface area contributed by atoms with Crippen LogP contribution >= 0.6 is 0 Å². The first-order chi connectivity index (χ1) is 8.16. The number of hydrogen-bond acceptors (Lipinski definition) is 4. The van der Waals surface area contributed by atoms with E-state index in [0.29, 0.717) is 5.69 Å². The van der Waals surface area contributed by atoms with E-state index in [1.807, 2.05) is 25.1 Å². The smallest absolute Gasteiger partial charge is 0.169 e. The lowest BCUT2D eigenvalue weighted by atomic mass is 10.2. The second-order valence-electron chi connectivity index (χ2n) is 3.68. The van der Waals surface area contributed by atoms with Gasteiger partial charge in [0.2, 0.25) is 0 Å². The molecule has 0 saturated heterocycles. The van der Waals surface area contributed by atoms with E-state index in [0.717, 1.165) is 5.56 Å². The van der Waals surface area contributed by atoms with Gasteiger partial charge in [-0.3, -0.25) is 0 Å². The monoisotopic (exact) mass is 228 g/mol. The largest absolute Gasteiger partial charge is 0.505 e. The third kappa shape index (κ3) is 2.60. The van der Waals surface area contributed by atoms with E-state index in [9.17, 15) is 10.2 Å². The lowest BCUT2D eigenvalue weighted by Gasteiger charge is -2.00. The summed E-state index contributed by atoms with van der Waals surface area (Å²) in [6.07, 6.45) is 0. The van der Waals surface area contributed by atoms with Crippen molar-refractivity contribution < 1.29 is 10.2 Å². The Morgan fingerprint density at radius 3 is 2.18 bits per heavy atom. The van der Waals surface area contributed by atoms with Crippen molar-refractivity contribution in [3.63, 3.8) is 0 Å². The van der Waals surface area contributed by atoms with Crippen LogP contribution in [-0.2, 0) is 0 Å². The molecule has 0 radical (unpaired) electrons. The van der Waals surface area contributed by atoms with Crippen LogP contribution in [0.3, 0.4) is 0 Å². The number of rotatable bonds is 2. The third-order valence-corrected chi connectivity index (χ3v) is 2.26. The summed E-state index contributed by atoms with van der Waals surface area (Å²) in [5.74, 6) is -0.192. The first kappa shape index (κ1) is 11.1. The lowest BCUT2D eigenvalue weighted by Crippen LogP contribution is -1.71. The van der Waals surface area contributed by atoms with Crippen molar-refractivity contribution in [3.05, 3.63) is 48.0 Å². The molecule has 0 bridgehead atoms. The summed E-state index contributed by atoms with van der Waals surface area (Å²) in [7, 11) is 0. The van der Waals surface area contributed by atoms with Crippen LogP contribution < -0.4 is 0 Å². The molecule has 0 unspecified atom stereocenters. The zero-order chi connectivity index (χ0) is 12.3. The average molecular weight is 228 g/mol. The van der Waals surface area contributed by atoms with Gasteiger partial charge in [0.1, 0.15) is 11.5 Å². The number of phenols is 2. The van der Waals surface area contributed by atoms with Crippen molar-refractivity contribution in [1.82, 2.24) is 0 Å². The first-order valence-corrected chi connectivity index (χ1v) is 5.16. The van der Waals surface area contributed by atoms with Crippen molar-refractivity contribution in [2.45, 2.75) is 6.92 Å². The Bertz CT molecular complexity index is 545. The van der Waals surface area contributed by atoms with Crippen molar-refractivity contribution in [2.75, 3.05) is 0 Å². The average Bonchev–Trinajstić information content (AvgIpc) is 2.28. The molecule has 86 valence electrons. The molecule has 2 aromatic rings. The van der Waals surface area contributed by atoms with Gasteiger partial charge in [-0.1, -0.05) is 18.2 Å². The second-order valence-corrected chi connectivity index (χ2v) is 3.68. The van der Waals surface area contributed by atoms with Crippen molar-refractivity contribution in [2.24, 2.45) is 10.2 Å². The summed E-state index contributed by atoms with van der Waals surface area (Å²) in [5.41, 5.74) is 1.82. The highest BCUT2D eigenvalue weighted by atomic mass is 16.3. The van der Waals surface area contributed by atoms with E-state index in [2.05, 4.69) is 10.2 Å². The predicted molar refractivity (Wildman–Crippen MR) is 65.1 cm³/mol. The van der Waals surface area contributed by atoms with Gasteiger partial charge in [-0.2, -0.15) is 5.11 Å². The molecule has 0 atom stereocenters. The topological polar surface area (TPSA) is 65.2 Å². The van der Waals surface area contributed by atoms with Crippen LogP contribution in [-0.4, -0.2) is 10.2 Å². The van der Waals surface area contributed by atoms with Gasteiger partial charge in [-0.15, -0.1) is 5.11 Å². The lowest BCUT2D eigenvalue weighted by molar-refractivity contribution is 0.452. The fourth-order valence-corrected chi connectivity index (χ4v) is 1.42. The van der Waals surface area contributed by atoms with Gasteiger partial charge in [-0.05, 0) is 36.8 Å². The van der Waals surface area contributed by atoms with Crippen molar-refractivity contribution in [1.29, 1.82) is 0 Å². The van der Waals surface area contributed by atoms with E-state index in [1.54, 1.807) is 6.07 Å². The Morgan fingerprint density at radius 2 is 1.53 bits per heavy atom. The summed E-state index contributed by atoms with van der Waals surface area (Å²) in [6, 6.07) is 11.9.